The summed E-state index contributed by atoms with van der Waals surface area (Å²) in [5.74, 6) is 2.97. The monoisotopic (exact) mass is 338 g/mol. The molecule has 1 aromatic heterocycles. The molecular formula is C17H26N2O3S. The summed E-state index contributed by atoms with van der Waals surface area (Å²) in [6, 6.07) is 0.190. The van der Waals surface area contributed by atoms with E-state index in [0.717, 1.165) is 54.4 Å². The van der Waals surface area contributed by atoms with E-state index >= 15 is 0 Å². The predicted octanol–water partition coefficient (Wildman–Crippen LogP) is 2.74. The topological polar surface area (TPSA) is 64.4 Å². The van der Waals surface area contributed by atoms with Gasteiger partial charge in [0.2, 0.25) is 5.91 Å². The van der Waals surface area contributed by atoms with Crippen LogP contribution in [0.3, 0.4) is 0 Å². The number of rotatable bonds is 3. The number of thioether (sulfide) groups is 1. The molecule has 5 nitrogen and oxygen atoms in total. The van der Waals surface area contributed by atoms with E-state index in [0.29, 0.717) is 0 Å². The lowest BCUT2D eigenvalue weighted by Crippen LogP contribution is -2.52. The number of amides is 1. The Morgan fingerprint density at radius 3 is 2.83 bits per heavy atom. The van der Waals surface area contributed by atoms with Gasteiger partial charge in [-0.25, -0.2) is 0 Å². The third-order valence-electron chi connectivity index (χ3n) is 5.12. The first-order valence-electron chi connectivity index (χ1n) is 8.30. The molecule has 1 amide bonds. The molecular weight excluding hydrogens is 312 g/mol. The average molecular weight is 338 g/mol. The van der Waals surface area contributed by atoms with Crippen molar-refractivity contribution in [3.05, 3.63) is 17.0 Å². The first kappa shape index (κ1) is 16.8. The Morgan fingerprint density at radius 2 is 2.22 bits per heavy atom. The molecule has 0 bridgehead atoms. The molecule has 2 atom stereocenters. The van der Waals surface area contributed by atoms with Gasteiger partial charge in [0.15, 0.2) is 0 Å². The summed E-state index contributed by atoms with van der Waals surface area (Å²) in [6.07, 6.45) is 2.90. The van der Waals surface area contributed by atoms with Crippen LogP contribution in [0.5, 0.6) is 0 Å². The highest BCUT2D eigenvalue weighted by Crippen LogP contribution is 2.38. The van der Waals surface area contributed by atoms with Crippen molar-refractivity contribution < 1.29 is 14.1 Å². The van der Waals surface area contributed by atoms with Crippen molar-refractivity contribution in [3.63, 3.8) is 0 Å². The molecule has 23 heavy (non-hydrogen) atoms. The largest absolute Gasteiger partial charge is 0.374 e. The fourth-order valence-electron chi connectivity index (χ4n) is 3.87. The lowest BCUT2D eigenvalue weighted by molar-refractivity contribution is -0.129. The van der Waals surface area contributed by atoms with Gasteiger partial charge in [0.25, 0.3) is 0 Å². The number of hydrogen-bond acceptors (Lipinski definition) is 5. The van der Waals surface area contributed by atoms with E-state index in [9.17, 15) is 4.79 Å². The minimum Gasteiger partial charge on any atom is -0.374 e. The summed E-state index contributed by atoms with van der Waals surface area (Å²) in [4.78, 5) is 12.9. The molecule has 0 radical (unpaired) electrons. The zero-order valence-electron chi connectivity index (χ0n) is 14.4. The van der Waals surface area contributed by atoms with Crippen LogP contribution in [0.2, 0.25) is 0 Å². The van der Waals surface area contributed by atoms with Crippen molar-refractivity contribution in [2.45, 2.75) is 64.0 Å². The highest BCUT2D eigenvalue weighted by molar-refractivity contribution is 7.99. The second kappa shape index (κ2) is 6.13. The van der Waals surface area contributed by atoms with Crippen LogP contribution in [0.4, 0.5) is 0 Å². The van der Waals surface area contributed by atoms with E-state index in [4.69, 9.17) is 9.26 Å². The maximum Gasteiger partial charge on any atom is 0.230 e. The smallest absolute Gasteiger partial charge is 0.230 e. The van der Waals surface area contributed by atoms with Crippen molar-refractivity contribution in [2.75, 3.05) is 18.1 Å². The Kier molecular flexibility index (Phi) is 4.49. The quantitative estimate of drug-likeness (QED) is 0.918. The summed E-state index contributed by atoms with van der Waals surface area (Å²) in [5.41, 5.74) is 1.02. The van der Waals surface area contributed by atoms with Gasteiger partial charge in [-0.3, -0.25) is 4.79 Å². The molecule has 3 heterocycles. The number of carbonyl (C=O) groups excluding carboxylic acids is 1. The van der Waals surface area contributed by atoms with Crippen LogP contribution in [-0.4, -0.2) is 40.8 Å². The van der Waals surface area contributed by atoms with Gasteiger partial charge < -0.3 is 14.6 Å². The maximum absolute atomic E-state index is 12.9. The molecule has 2 aliphatic rings. The third-order valence-corrected chi connectivity index (χ3v) is 6.34. The van der Waals surface area contributed by atoms with Crippen molar-refractivity contribution in [1.29, 1.82) is 0 Å². The molecule has 6 heteroatoms. The zero-order valence-corrected chi connectivity index (χ0v) is 15.2. The average Bonchev–Trinajstić information content (AvgIpc) is 3.06. The van der Waals surface area contributed by atoms with Crippen molar-refractivity contribution in [1.82, 2.24) is 10.5 Å². The van der Waals surface area contributed by atoms with Gasteiger partial charge >= 0.3 is 0 Å². The van der Waals surface area contributed by atoms with E-state index in [1.807, 2.05) is 39.5 Å². The summed E-state index contributed by atoms with van der Waals surface area (Å²) < 4.78 is 11.3. The summed E-state index contributed by atoms with van der Waals surface area (Å²) in [6.45, 7) is 8.37. The summed E-state index contributed by atoms with van der Waals surface area (Å²) >= 11 is 1.95. The van der Waals surface area contributed by atoms with E-state index in [2.05, 4.69) is 10.5 Å². The Balaban J connectivity index is 1.71. The molecule has 0 saturated carbocycles. The Hall–Kier alpha value is -1.01. The predicted molar refractivity (Wildman–Crippen MR) is 90.8 cm³/mol. The Morgan fingerprint density at radius 1 is 1.43 bits per heavy atom. The van der Waals surface area contributed by atoms with Crippen LogP contribution in [0, 0.1) is 13.8 Å². The van der Waals surface area contributed by atoms with Crippen molar-refractivity contribution in [2.24, 2.45) is 0 Å². The second-order valence-electron chi connectivity index (χ2n) is 7.32. The minimum atomic E-state index is -0.649. The van der Waals surface area contributed by atoms with Crippen LogP contribution in [-0.2, 0) is 14.9 Å². The second-order valence-corrected chi connectivity index (χ2v) is 8.43. The molecule has 1 N–H and O–H groups in total. The standard InChI is InChI=1S/C17H26N2O3S/c1-11-14(12(2)22-19-11)16(3,4)15(20)18-13-5-7-21-17(9-13)6-8-23-10-17/h13H,5-10H2,1-4H3,(H,18,20)/t13-,17-/m1/s1. The number of nitrogens with one attached hydrogen (secondary N) is 1. The SMILES string of the molecule is Cc1noc(C)c1C(C)(C)C(=O)N[C@@H]1CCO[C@]2(CCSC2)C1. The molecule has 1 aromatic rings. The lowest BCUT2D eigenvalue weighted by Gasteiger charge is -2.39. The molecule has 128 valence electrons. The van der Waals surface area contributed by atoms with Crippen molar-refractivity contribution >= 4 is 17.7 Å². The number of hydrogen-bond donors (Lipinski definition) is 1. The van der Waals surface area contributed by atoms with E-state index < -0.39 is 5.41 Å². The van der Waals surface area contributed by atoms with Crippen LogP contribution >= 0.6 is 11.8 Å². The number of carbonyl (C=O) groups is 1. The van der Waals surface area contributed by atoms with Crippen LogP contribution in [0.1, 0.15) is 50.1 Å². The van der Waals surface area contributed by atoms with E-state index in [1.165, 1.54) is 0 Å². The minimum absolute atomic E-state index is 0.0198. The number of nitrogens with zero attached hydrogens (tertiary/aromatic N) is 1. The number of aromatic nitrogens is 1. The van der Waals surface area contributed by atoms with Crippen LogP contribution in [0.15, 0.2) is 4.52 Å². The molecule has 3 rings (SSSR count). The van der Waals surface area contributed by atoms with Gasteiger partial charge in [0.05, 0.1) is 16.7 Å². The fraction of sp³-hybridized carbons (Fsp3) is 0.765. The normalized spacial score (nSPS) is 28.3. The highest BCUT2D eigenvalue weighted by Gasteiger charge is 2.42. The molecule has 1 spiro atoms. The number of aryl methyl sites for hydroxylation is 2. The summed E-state index contributed by atoms with van der Waals surface area (Å²) in [5, 5.41) is 7.25. The molecule has 0 aliphatic carbocycles. The van der Waals surface area contributed by atoms with Gasteiger partial charge in [0.1, 0.15) is 5.76 Å². The van der Waals surface area contributed by atoms with Gasteiger partial charge in [0, 0.05) is 24.0 Å². The number of ether oxygens (including phenoxy) is 1. The van der Waals surface area contributed by atoms with Gasteiger partial charge in [-0.1, -0.05) is 5.16 Å². The first-order chi connectivity index (χ1) is 10.8. The lowest BCUT2D eigenvalue weighted by atomic mass is 9.81. The highest BCUT2D eigenvalue weighted by atomic mass is 32.2. The molecule has 0 unspecified atom stereocenters. The van der Waals surface area contributed by atoms with E-state index in [-0.39, 0.29) is 17.6 Å². The summed E-state index contributed by atoms with van der Waals surface area (Å²) in [7, 11) is 0. The molecule has 2 saturated heterocycles. The van der Waals surface area contributed by atoms with Crippen LogP contribution in [0.25, 0.3) is 0 Å². The van der Waals surface area contributed by atoms with Crippen LogP contribution < -0.4 is 5.32 Å². The zero-order chi connectivity index (χ0) is 16.7. The molecule has 2 fully saturated rings. The fourth-order valence-corrected chi connectivity index (χ4v) is 5.25. The van der Waals surface area contributed by atoms with Gasteiger partial charge in [-0.2, -0.15) is 11.8 Å². The van der Waals surface area contributed by atoms with E-state index in [1.54, 1.807) is 0 Å². The van der Waals surface area contributed by atoms with Gasteiger partial charge in [-0.15, -0.1) is 0 Å². The third kappa shape index (κ3) is 3.15. The van der Waals surface area contributed by atoms with Crippen molar-refractivity contribution in [3.8, 4) is 0 Å². The Bertz CT molecular complexity index is 571. The Labute approximate surface area is 141 Å². The molecule has 0 aromatic carbocycles. The first-order valence-corrected chi connectivity index (χ1v) is 9.46. The van der Waals surface area contributed by atoms with Gasteiger partial charge in [-0.05, 0) is 52.7 Å². The molecule has 2 aliphatic heterocycles. The maximum atomic E-state index is 12.9.